The molecule has 2 aromatic rings. The van der Waals surface area contributed by atoms with E-state index in [2.05, 4.69) is 4.72 Å². The molecule has 0 radical (unpaired) electrons. The molecule has 0 spiro atoms. The number of benzene rings is 1. The van der Waals surface area contributed by atoms with Crippen molar-refractivity contribution in [3.63, 3.8) is 0 Å². The van der Waals surface area contributed by atoms with Gasteiger partial charge in [0.2, 0.25) is 10.0 Å². The van der Waals surface area contributed by atoms with Crippen molar-refractivity contribution >= 4 is 21.4 Å². The maximum Gasteiger partial charge on any atom is 0.241 e. The number of ether oxygens (including phenoxy) is 1. The fourth-order valence-electron chi connectivity index (χ4n) is 1.74. The van der Waals surface area contributed by atoms with Crippen LogP contribution in [0.15, 0.2) is 40.6 Å². The van der Waals surface area contributed by atoms with Crippen molar-refractivity contribution in [1.82, 2.24) is 4.72 Å². The SMILES string of the molecule is Cc1cccc(OCCNS(=O)(=O)c2csc(CN)c2)c1. The third-order valence-corrected chi connectivity index (χ3v) is 5.34. The minimum absolute atomic E-state index is 0.212. The first kappa shape index (κ1) is 16.0. The minimum Gasteiger partial charge on any atom is -0.492 e. The molecule has 21 heavy (non-hydrogen) atoms. The molecule has 0 aliphatic carbocycles. The summed E-state index contributed by atoms with van der Waals surface area (Å²) in [7, 11) is -3.49. The first-order valence-corrected chi connectivity index (χ1v) is 8.84. The van der Waals surface area contributed by atoms with Gasteiger partial charge in [0, 0.05) is 23.3 Å². The second kappa shape index (κ2) is 7.04. The van der Waals surface area contributed by atoms with Gasteiger partial charge < -0.3 is 10.5 Å². The van der Waals surface area contributed by atoms with Crippen LogP contribution in [0.5, 0.6) is 5.75 Å². The summed E-state index contributed by atoms with van der Waals surface area (Å²) in [6.45, 7) is 2.80. The molecule has 0 saturated heterocycles. The van der Waals surface area contributed by atoms with Gasteiger partial charge in [0.05, 0.1) is 4.90 Å². The smallest absolute Gasteiger partial charge is 0.241 e. The van der Waals surface area contributed by atoms with Gasteiger partial charge in [-0.3, -0.25) is 0 Å². The number of hydrogen-bond donors (Lipinski definition) is 2. The van der Waals surface area contributed by atoms with Crippen molar-refractivity contribution in [2.24, 2.45) is 5.73 Å². The van der Waals surface area contributed by atoms with Crippen LogP contribution in [0.1, 0.15) is 10.4 Å². The molecule has 0 aliphatic rings. The lowest BCUT2D eigenvalue weighted by molar-refractivity contribution is 0.322. The average Bonchev–Trinajstić information content (AvgIpc) is 2.93. The number of rotatable bonds is 7. The lowest BCUT2D eigenvalue weighted by Gasteiger charge is -2.08. The molecule has 0 unspecified atom stereocenters. The summed E-state index contributed by atoms with van der Waals surface area (Å²) >= 11 is 1.34. The average molecular weight is 326 g/mol. The van der Waals surface area contributed by atoms with Gasteiger partial charge in [-0.15, -0.1) is 11.3 Å². The Labute approximate surface area is 128 Å². The Bertz CT molecular complexity index is 696. The monoisotopic (exact) mass is 326 g/mol. The van der Waals surface area contributed by atoms with Crippen molar-refractivity contribution in [3.05, 3.63) is 46.2 Å². The number of sulfonamides is 1. The summed E-state index contributed by atoms with van der Waals surface area (Å²) in [6.07, 6.45) is 0. The zero-order valence-electron chi connectivity index (χ0n) is 11.7. The highest BCUT2D eigenvalue weighted by Crippen LogP contribution is 2.18. The first-order chi connectivity index (χ1) is 10.0. The van der Waals surface area contributed by atoms with Gasteiger partial charge in [-0.1, -0.05) is 12.1 Å². The standard InChI is InChI=1S/C14H18N2O3S2/c1-11-3-2-4-12(7-11)19-6-5-16-21(17,18)14-8-13(9-15)20-10-14/h2-4,7-8,10,16H,5-6,9,15H2,1H3. The van der Waals surface area contributed by atoms with Crippen LogP contribution in [0.25, 0.3) is 0 Å². The molecule has 0 aliphatic heterocycles. The van der Waals surface area contributed by atoms with Gasteiger partial charge in [0.25, 0.3) is 0 Å². The molecule has 0 amide bonds. The van der Waals surface area contributed by atoms with Crippen LogP contribution in [0, 0.1) is 6.92 Å². The fourth-order valence-corrected chi connectivity index (χ4v) is 3.91. The predicted molar refractivity (Wildman–Crippen MR) is 84.1 cm³/mol. The molecule has 0 bridgehead atoms. The van der Waals surface area contributed by atoms with E-state index in [9.17, 15) is 8.42 Å². The molecule has 5 nitrogen and oxygen atoms in total. The van der Waals surface area contributed by atoms with Crippen molar-refractivity contribution in [3.8, 4) is 5.75 Å². The van der Waals surface area contributed by atoms with E-state index < -0.39 is 10.0 Å². The largest absolute Gasteiger partial charge is 0.492 e. The van der Waals surface area contributed by atoms with E-state index in [-0.39, 0.29) is 18.0 Å². The third kappa shape index (κ3) is 4.53. The molecule has 1 aromatic heterocycles. The molecule has 0 fully saturated rings. The Morgan fingerprint density at radius 1 is 1.33 bits per heavy atom. The topological polar surface area (TPSA) is 81.4 Å². The Morgan fingerprint density at radius 3 is 2.81 bits per heavy atom. The van der Waals surface area contributed by atoms with Crippen LogP contribution in [-0.4, -0.2) is 21.6 Å². The Hall–Kier alpha value is -1.41. The second-order valence-corrected chi connectivity index (χ2v) is 7.28. The molecule has 1 aromatic carbocycles. The Morgan fingerprint density at radius 2 is 2.14 bits per heavy atom. The predicted octanol–water partition coefficient (Wildman–Crippen LogP) is 1.87. The molecule has 3 N–H and O–H groups in total. The summed E-state index contributed by atoms with van der Waals surface area (Å²) in [5, 5.41) is 1.59. The highest BCUT2D eigenvalue weighted by molar-refractivity contribution is 7.89. The maximum absolute atomic E-state index is 12.0. The number of hydrogen-bond acceptors (Lipinski definition) is 5. The Kier molecular flexibility index (Phi) is 5.35. The third-order valence-electron chi connectivity index (χ3n) is 2.79. The van der Waals surface area contributed by atoms with Crippen LogP contribution in [-0.2, 0) is 16.6 Å². The molecule has 114 valence electrons. The zero-order valence-corrected chi connectivity index (χ0v) is 13.3. The van der Waals surface area contributed by atoms with Gasteiger partial charge >= 0.3 is 0 Å². The quantitative estimate of drug-likeness (QED) is 0.761. The van der Waals surface area contributed by atoms with Crippen molar-refractivity contribution < 1.29 is 13.2 Å². The summed E-state index contributed by atoms with van der Waals surface area (Å²) in [6, 6.07) is 9.21. The molecular formula is C14H18N2O3S2. The normalized spacial score (nSPS) is 11.5. The number of aryl methyl sites for hydroxylation is 1. The van der Waals surface area contributed by atoms with E-state index in [4.69, 9.17) is 10.5 Å². The van der Waals surface area contributed by atoms with Gasteiger partial charge in [-0.05, 0) is 30.7 Å². The van der Waals surface area contributed by atoms with E-state index in [0.29, 0.717) is 6.54 Å². The number of nitrogens with one attached hydrogen (secondary N) is 1. The molecule has 2 rings (SSSR count). The van der Waals surface area contributed by atoms with E-state index in [1.165, 1.54) is 11.3 Å². The molecule has 0 saturated carbocycles. The van der Waals surface area contributed by atoms with Crippen LogP contribution >= 0.6 is 11.3 Å². The summed E-state index contributed by atoms with van der Waals surface area (Å²) in [5.41, 5.74) is 6.58. The van der Waals surface area contributed by atoms with Crippen molar-refractivity contribution in [2.75, 3.05) is 13.2 Å². The minimum atomic E-state index is -3.49. The lowest BCUT2D eigenvalue weighted by Crippen LogP contribution is -2.28. The fraction of sp³-hybridized carbons (Fsp3) is 0.286. The summed E-state index contributed by atoms with van der Waals surface area (Å²) in [5.74, 6) is 0.732. The second-order valence-electron chi connectivity index (χ2n) is 4.52. The zero-order chi connectivity index (χ0) is 15.3. The summed E-state index contributed by atoms with van der Waals surface area (Å²) < 4.78 is 32.1. The summed E-state index contributed by atoms with van der Waals surface area (Å²) in [4.78, 5) is 1.09. The molecular weight excluding hydrogens is 308 g/mol. The van der Waals surface area contributed by atoms with E-state index >= 15 is 0 Å². The Balaban J connectivity index is 1.85. The highest BCUT2D eigenvalue weighted by Gasteiger charge is 2.15. The van der Waals surface area contributed by atoms with Crippen molar-refractivity contribution in [1.29, 1.82) is 0 Å². The maximum atomic E-state index is 12.0. The molecule has 0 atom stereocenters. The van der Waals surface area contributed by atoms with Gasteiger partial charge in [0.15, 0.2) is 0 Å². The number of thiophene rings is 1. The first-order valence-electron chi connectivity index (χ1n) is 6.48. The van der Waals surface area contributed by atoms with Crippen LogP contribution < -0.4 is 15.2 Å². The van der Waals surface area contributed by atoms with Gasteiger partial charge in [-0.25, -0.2) is 13.1 Å². The molecule has 1 heterocycles. The van der Waals surface area contributed by atoms with E-state index in [1.54, 1.807) is 11.4 Å². The van der Waals surface area contributed by atoms with E-state index in [1.807, 2.05) is 31.2 Å². The van der Waals surface area contributed by atoms with Gasteiger partial charge in [-0.2, -0.15) is 0 Å². The van der Waals surface area contributed by atoms with Gasteiger partial charge in [0.1, 0.15) is 12.4 Å². The lowest BCUT2D eigenvalue weighted by atomic mass is 10.2. The van der Waals surface area contributed by atoms with Crippen LogP contribution in [0.2, 0.25) is 0 Å². The van der Waals surface area contributed by atoms with Crippen molar-refractivity contribution in [2.45, 2.75) is 18.4 Å². The highest BCUT2D eigenvalue weighted by atomic mass is 32.2. The van der Waals surface area contributed by atoms with Crippen LogP contribution in [0.4, 0.5) is 0 Å². The molecule has 7 heteroatoms. The van der Waals surface area contributed by atoms with E-state index in [0.717, 1.165) is 16.2 Å². The number of nitrogens with two attached hydrogens (primary N) is 1. The van der Waals surface area contributed by atoms with Crippen LogP contribution in [0.3, 0.4) is 0 Å².